The van der Waals surface area contributed by atoms with Crippen molar-refractivity contribution in [2.75, 3.05) is 6.54 Å². The molecule has 1 aromatic heterocycles. The lowest BCUT2D eigenvalue weighted by atomic mass is 9.96. The van der Waals surface area contributed by atoms with Gasteiger partial charge in [-0.05, 0) is 37.8 Å². The van der Waals surface area contributed by atoms with Gasteiger partial charge < -0.3 is 15.6 Å². The first-order valence-corrected chi connectivity index (χ1v) is 6.49. The van der Waals surface area contributed by atoms with Crippen molar-refractivity contribution >= 4 is 5.91 Å². The van der Waals surface area contributed by atoms with E-state index in [1.807, 2.05) is 6.92 Å². The van der Waals surface area contributed by atoms with Crippen LogP contribution >= 0.6 is 0 Å². The largest absolute Gasteiger partial charge is 0.406 e. The molecule has 112 valence electrons. The molecule has 0 spiro atoms. The Morgan fingerprint density at radius 1 is 1.50 bits per heavy atom. The number of rotatable bonds is 5. The van der Waals surface area contributed by atoms with Crippen LogP contribution in [0, 0.1) is 5.92 Å². The van der Waals surface area contributed by atoms with E-state index in [0.717, 1.165) is 17.4 Å². The van der Waals surface area contributed by atoms with Crippen molar-refractivity contribution in [3.63, 3.8) is 0 Å². The van der Waals surface area contributed by atoms with Gasteiger partial charge in [-0.15, -0.1) is 0 Å². The van der Waals surface area contributed by atoms with Crippen molar-refractivity contribution in [2.24, 2.45) is 11.7 Å². The number of aromatic nitrogens is 1. The summed E-state index contributed by atoms with van der Waals surface area (Å²) in [4.78, 5) is 12.2. The van der Waals surface area contributed by atoms with Gasteiger partial charge in [0.15, 0.2) is 0 Å². The fraction of sp³-hybridized carbons (Fsp3) is 0.615. The van der Waals surface area contributed by atoms with Gasteiger partial charge in [-0.1, -0.05) is 0 Å². The summed E-state index contributed by atoms with van der Waals surface area (Å²) in [7, 11) is 0. The third-order valence-electron chi connectivity index (χ3n) is 3.71. The second kappa shape index (κ2) is 5.12. The molecule has 0 aromatic carbocycles. The lowest BCUT2D eigenvalue weighted by Gasteiger charge is -2.29. The molecule has 1 aliphatic carbocycles. The molecule has 3 N–H and O–H groups in total. The van der Waals surface area contributed by atoms with Crippen LogP contribution in [0.2, 0.25) is 0 Å². The molecular formula is C13H18F3N3O. The highest BCUT2D eigenvalue weighted by Crippen LogP contribution is 2.39. The second-order valence-corrected chi connectivity index (χ2v) is 5.49. The SMILES string of the molecule is CC(CN)(NC(=O)c1cccn1CC(F)(F)F)C1CC1. The second-order valence-electron chi connectivity index (χ2n) is 5.49. The lowest BCUT2D eigenvalue weighted by Crippen LogP contribution is -2.53. The molecule has 20 heavy (non-hydrogen) atoms. The Kier molecular flexibility index (Phi) is 3.82. The number of carbonyl (C=O) groups is 1. The summed E-state index contributed by atoms with van der Waals surface area (Å²) in [5.41, 5.74) is 5.14. The zero-order chi connectivity index (χ0) is 15.0. The molecule has 7 heteroatoms. The Balaban J connectivity index is 2.11. The molecular weight excluding hydrogens is 271 g/mol. The predicted octanol–water partition coefficient (Wildman–Crippen LogP) is 1.91. The standard InChI is InChI=1S/C13H18F3N3O/c1-12(7-17,9-4-5-9)18-11(20)10-3-2-6-19(10)8-13(14,15)16/h2-3,6,9H,4-5,7-8,17H2,1H3,(H,18,20). The minimum Gasteiger partial charge on any atom is -0.344 e. The Bertz CT molecular complexity index is 493. The van der Waals surface area contributed by atoms with Gasteiger partial charge in [-0.2, -0.15) is 13.2 Å². The molecule has 0 saturated heterocycles. The number of nitrogens with one attached hydrogen (secondary N) is 1. The van der Waals surface area contributed by atoms with E-state index < -0.39 is 24.2 Å². The van der Waals surface area contributed by atoms with Crippen molar-refractivity contribution in [2.45, 2.75) is 38.0 Å². The van der Waals surface area contributed by atoms with Gasteiger partial charge >= 0.3 is 6.18 Å². The third kappa shape index (κ3) is 3.33. The number of alkyl halides is 3. The number of nitrogens with two attached hydrogens (primary N) is 1. The molecule has 0 aliphatic heterocycles. The van der Waals surface area contributed by atoms with Gasteiger partial charge in [0.1, 0.15) is 12.2 Å². The Morgan fingerprint density at radius 3 is 2.65 bits per heavy atom. The summed E-state index contributed by atoms with van der Waals surface area (Å²) in [6.07, 6.45) is -1.14. The fourth-order valence-corrected chi connectivity index (χ4v) is 2.31. The molecule has 1 unspecified atom stereocenters. The molecule has 1 aromatic rings. The number of hydrogen-bond donors (Lipinski definition) is 2. The fourth-order valence-electron chi connectivity index (χ4n) is 2.31. The lowest BCUT2D eigenvalue weighted by molar-refractivity contribution is -0.140. The van der Waals surface area contributed by atoms with E-state index >= 15 is 0 Å². The molecule has 1 atom stereocenters. The van der Waals surface area contributed by atoms with Gasteiger partial charge in [0.2, 0.25) is 0 Å². The molecule has 0 bridgehead atoms. The normalized spacial score (nSPS) is 18.6. The number of carbonyl (C=O) groups excluding carboxylic acids is 1. The molecule has 0 radical (unpaired) electrons. The summed E-state index contributed by atoms with van der Waals surface area (Å²) >= 11 is 0. The van der Waals surface area contributed by atoms with E-state index in [1.54, 1.807) is 0 Å². The minimum atomic E-state index is -4.36. The van der Waals surface area contributed by atoms with Crippen molar-refractivity contribution in [1.82, 2.24) is 9.88 Å². The van der Waals surface area contributed by atoms with Crippen LogP contribution < -0.4 is 11.1 Å². The minimum absolute atomic E-state index is 0.00245. The van der Waals surface area contributed by atoms with Crippen molar-refractivity contribution in [1.29, 1.82) is 0 Å². The van der Waals surface area contributed by atoms with Gasteiger partial charge in [-0.3, -0.25) is 4.79 Å². The van der Waals surface area contributed by atoms with Gasteiger partial charge in [0.05, 0.1) is 5.54 Å². The molecule has 2 rings (SSSR count). The molecule has 1 heterocycles. The maximum Gasteiger partial charge on any atom is 0.406 e. The zero-order valence-electron chi connectivity index (χ0n) is 11.2. The highest BCUT2D eigenvalue weighted by atomic mass is 19.4. The van der Waals surface area contributed by atoms with E-state index in [0.29, 0.717) is 5.92 Å². The first kappa shape index (κ1) is 14.9. The van der Waals surface area contributed by atoms with E-state index in [1.165, 1.54) is 18.3 Å². The van der Waals surface area contributed by atoms with E-state index in [9.17, 15) is 18.0 Å². The average molecular weight is 289 g/mol. The third-order valence-corrected chi connectivity index (χ3v) is 3.71. The first-order chi connectivity index (χ1) is 9.25. The molecule has 1 amide bonds. The number of halogens is 3. The summed E-state index contributed by atoms with van der Waals surface area (Å²) in [5.74, 6) is -0.207. The van der Waals surface area contributed by atoms with Crippen LogP contribution in [0.4, 0.5) is 13.2 Å². The summed E-state index contributed by atoms with van der Waals surface area (Å²) in [6.45, 7) is 0.925. The monoisotopic (exact) mass is 289 g/mol. The quantitative estimate of drug-likeness (QED) is 0.870. The van der Waals surface area contributed by atoms with Crippen LogP contribution in [0.1, 0.15) is 30.3 Å². The van der Waals surface area contributed by atoms with Crippen molar-refractivity contribution in [3.05, 3.63) is 24.0 Å². The van der Waals surface area contributed by atoms with Crippen LogP contribution in [0.5, 0.6) is 0 Å². The van der Waals surface area contributed by atoms with E-state index in [4.69, 9.17) is 5.73 Å². The van der Waals surface area contributed by atoms with Crippen LogP contribution in [-0.4, -0.2) is 28.7 Å². The highest BCUT2D eigenvalue weighted by molar-refractivity contribution is 5.93. The number of amides is 1. The number of nitrogens with zero attached hydrogens (tertiary/aromatic N) is 1. The molecule has 1 aliphatic rings. The summed E-state index contributed by atoms with van der Waals surface area (Å²) in [5, 5.41) is 2.78. The van der Waals surface area contributed by atoms with Crippen LogP contribution in [0.3, 0.4) is 0 Å². The van der Waals surface area contributed by atoms with Crippen LogP contribution in [0.25, 0.3) is 0 Å². The average Bonchev–Trinajstić information content (AvgIpc) is 3.09. The predicted molar refractivity (Wildman–Crippen MR) is 68.1 cm³/mol. The Morgan fingerprint density at radius 2 is 2.15 bits per heavy atom. The molecule has 1 saturated carbocycles. The van der Waals surface area contributed by atoms with Gasteiger partial charge in [0, 0.05) is 12.7 Å². The maximum absolute atomic E-state index is 12.4. The number of hydrogen-bond acceptors (Lipinski definition) is 2. The van der Waals surface area contributed by atoms with Crippen molar-refractivity contribution in [3.8, 4) is 0 Å². The van der Waals surface area contributed by atoms with Crippen LogP contribution in [-0.2, 0) is 6.54 Å². The van der Waals surface area contributed by atoms with E-state index in [-0.39, 0.29) is 12.2 Å². The smallest absolute Gasteiger partial charge is 0.344 e. The highest BCUT2D eigenvalue weighted by Gasteiger charge is 2.42. The first-order valence-electron chi connectivity index (χ1n) is 6.49. The topological polar surface area (TPSA) is 60.0 Å². The van der Waals surface area contributed by atoms with E-state index in [2.05, 4.69) is 5.32 Å². The zero-order valence-corrected chi connectivity index (χ0v) is 11.2. The van der Waals surface area contributed by atoms with Crippen LogP contribution in [0.15, 0.2) is 18.3 Å². The Labute approximate surface area is 115 Å². The van der Waals surface area contributed by atoms with Gasteiger partial charge in [0.25, 0.3) is 5.91 Å². The molecule has 1 fully saturated rings. The van der Waals surface area contributed by atoms with Crippen molar-refractivity contribution < 1.29 is 18.0 Å². The Hall–Kier alpha value is -1.50. The molecule has 4 nitrogen and oxygen atoms in total. The summed E-state index contributed by atoms with van der Waals surface area (Å²) < 4.78 is 38.2. The maximum atomic E-state index is 12.4. The van der Waals surface area contributed by atoms with Gasteiger partial charge in [-0.25, -0.2) is 0 Å². The summed E-state index contributed by atoms with van der Waals surface area (Å²) in [6, 6.07) is 2.81.